The molecule has 0 amide bonds. The third kappa shape index (κ3) is 4.99. The smallest absolute Gasteiger partial charge is 0.222 e. The fraction of sp³-hybridized carbons (Fsp3) is 0.500. The topological polar surface area (TPSA) is 84.0 Å². The van der Waals surface area contributed by atoms with Crippen molar-refractivity contribution in [1.29, 1.82) is 0 Å². The molecule has 7 nitrogen and oxygen atoms in total. The number of hydrogen-bond donors (Lipinski definition) is 3. The summed E-state index contributed by atoms with van der Waals surface area (Å²) in [6.07, 6.45) is 5.61. The van der Waals surface area contributed by atoms with Gasteiger partial charge >= 0.3 is 0 Å². The van der Waals surface area contributed by atoms with Gasteiger partial charge in [0.1, 0.15) is 5.52 Å². The molecule has 0 unspecified atom stereocenters. The average molecular weight is 422 g/mol. The van der Waals surface area contributed by atoms with Crippen molar-refractivity contribution < 1.29 is 0 Å². The summed E-state index contributed by atoms with van der Waals surface area (Å²) in [5.74, 6) is 1.14. The van der Waals surface area contributed by atoms with Gasteiger partial charge in [0.2, 0.25) is 5.95 Å². The molecule has 0 atom stereocenters. The van der Waals surface area contributed by atoms with Crippen LogP contribution in [0.2, 0.25) is 0 Å². The first kappa shape index (κ1) is 21.6. The number of aryl methyl sites for hydroxylation is 1. The summed E-state index contributed by atoms with van der Waals surface area (Å²) < 4.78 is 2.23. The van der Waals surface area contributed by atoms with Crippen LogP contribution in [-0.4, -0.2) is 52.2 Å². The van der Waals surface area contributed by atoms with Crippen LogP contribution < -0.4 is 16.4 Å². The lowest BCUT2D eigenvalue weighted by Gasteiger charge is -2.39. The number of fused-ring (bicyclic) bond motifs is 1. The second-order valence-corrected chi connectivity index (χ2v) is 8.68. The van der Waals surface area contributed by atoms with Crippen LogP contribution in [0.15, 0.2) is 30.5 Å². The molecule has 0 aliphatic carbocycles. The van der Waals surface area contributed by atoms with E-state index in [-0.39, 0.29) is 0 Å². The number of nitrogens with one attached hydrogen (secondary N) is 2. The first-order valence-corrected chi connectivity index (χ1v) is 11.4. The fourth-order valence-corrected chi connectivity index (χ4v) is 4.32. The van der Waals surface area contributed by atoms with E-state index in [9.17, 15) is 0 Å². The summed E-state index contributed by atoms with van der Waals surface area (Å²) in [6, 6.07) is 9.52. The van der Waals surface area contributed by atoms with Crippen molar-refractivity contribution in [3.05, 3.63) is 47.2 Å². The van der Waals surface area contributed by atoms with Crippen molar-refractivity contribution in [1.82, 2.24) is 24.8 Å². The van der Waals surface area contributed by atoms with Crippen molar-refractivity contribution in [3.8, 4) is 0 Å². The molecule has 3 heterocycles. The van der Waals surface area contributed by atoms with E-state index in [4.69, 9.17) is 5.73 Å². The maximum absolute atomic E-state index is 5.95. The molecule has 166 valence electrons. The molecule has 1 aliphatic heterocycles. The monoisotopic (exact) mass is 421 g/mol. The number of likely N-dealkylation sites (tertiary alicyclic amines) is 1. The van der Waals surface area contributed by atoms with Gasteiger partial charge in [0, 0.05) is 45.0 Å². The minimum Gasteiger partial charge on any atom is -0.368 e. The fourth-order valence-electron chi connectivity index (χ4n) is 4.32. The number of nitrogens with two attached hydrogens (primary N) is 1. The predicted octanol–water partition coefficient (Wildman–Crippen LogP) is 3.38. The third-order valence-electron chi connectivity index (χ3n) is 6.22. The van der Waals surface area contributed by atoms with Gasteiger partial charge in [-0.1, -0.05) is 38.0 Å². The van der Waals surface area contributed by atoms with Gasteiger partial charge in [-0.25, -0.2) is 4.98 Å². The second kappa shape index (κ2) is 9.66. The molecular weight excluding hydrogens is 386 g/mol. The molecule has 0 saturated carbocycles. The highest BCUT2D eigenvalue weighted by atomic mass is 15.2. The lowest BCUT2D eigenvalue weighted by molar-refractivity contribution is 0.124. The van der Waals surface area contributed by atoms with Gasteiger partial charge in [-0.05, 0) is 43.1 Å². The molecule has 31 heavy (non-hydrogen) atoms. The van der Waals surface area contributed by atoms with E-state index in [0.717, 1.165) is 56.0 Å². The van der Waals surface area contributed by atoms with Gasteiger partial charge in [0.15, 0.2) is 5.82 Å². The zero-order chi connectivity index (χ0) is 21.8. The van der Waals surface area contributed by atoms with Gasteiger partial charge in [0.05, 0.1) is 5.52 Å². The van der Waals surface area contributed by atoms with Crippen molar-refractivity contribution in [3.63, 3.8) is 0 Å². The van der Waals surface area contributed by atoms with Crippen molar-refractivity contribution >= 4 is 22.8 Å². The van der Waals surface area contributed by atoms with Gasteiger partial charge < -0.3 is 20.9 Å². The highest BCUT2D eigenvalue weighted by Gasteiger charge is 2.24. The largest absolute Gasteiger partial charge is 0.368 e. The van der Waals surface area contributed by atoms with E-state index in [0.29, 0.717) is 12.0 Å². The van der Waals surface area contributed by atoms with Crippen LogP contribution in [0.25, 0.3) is 11.0 Å². The summed E-state index contributed by atoms with van der Waals surface area (Å²) in [7, 11) is 2.04. The molecule has 4 rings (SSSR count). The summed E-state index contributed by atoms with van der Waals surface area (Å²) in [5, 5.41) is 6.82. The summed E-state index contributed by atoms with van der Waals surface area (Å²) in [5.41, 5.74) is 11.9. The molecule has 1 aliphatic rings. The molecule has 4 N–H and O–H groups in total. The Balaban J connectivity index is 1.50. The molecule has 1 fully saturated rings. The average Bonchev–Trinajstić information content (AvgIpc) is 3.12. The van der Waals surface area contributed by atoms with Crippen LogP contribution in [-0.2, 0) is 13.1 Å². The first-order valence-electron chi connectivity index (χ1n) is 11.4. The maximum atomic E-state index is 5.95. The summed E-state index contributed by atoms with van der Waals surface area (Å²) in [4.78, 5) is 11.4. The number of rotatable bonds is 10. The van der Waals surface area contributed by atoms with Gasteiger partial charge in [-0.15, -0.1) is 0 Å². The Morgan fingerprint density at radius 2 is 1.97 bits per heavy atom. The SMILES string of the molecule is CCCCCNc1nc(N)nc2ccn(Cc3ccc(CN4CC(NC)C4)cc3C)c12. The molecule has 7 heteroatoms. The molecular formula is C24H35N7. The summed E-state index contributed by atoms with van der Waals surface area (Å²) in [6.45, 7) is 9.37. The zero-order valence-electron chi connectivity index (χ0n) is 19.0. The van der Waals surface area contributed by atoms with Gasteiger partial charge in [-0.3, -0.25) is 4.90 Å². The summed E-state index contributed by atoms with van der Waals surface area (Å²) >= 11 is 0. The van der Waals surface area contributed by atoms with Crippen LogP contribution in [0.3, 0.4) is 0 Å². The number of benzene rings is 1. The number of nitrogen functional groups attached to an aromatic ring is 1. The Labute approximate surface area is 185 Å². The van der Waals surface area contributed by atoms with Gasteiger partial charge in [0.25, 0.3) is 0 Å². The molecule has 0 bridgehead atoms. The first-order chi connectivity index (χ1) is 15.1. The molecule has 3 aromatic rings. The Bertz CT molecular complexity index is 1020. The highest BCUT2D eigenvalue weighted by Crippen LogP contribution is 2.25. The predicted molar refractivity (Wildman–Crippen MR) is 128 cm³/mol. The number of nitrogens with zero attached hydrogens (tertiary/aromatic N) is 4. The van der Waals surface area contributed by atoms with E-state index in [2.05, 4.69) is 68.3 Å². The van der Waals surface area contributed by atoms with E-state index in [1.807, 2.05) is 13.1 Å². The number of likely N-dealkylation sites (N-methyl/N-ethyl adjacent to an activating group) is 1. The minimum absolute atomic E-state index is 0.315. The van der Waals surface area contributed by atoms with Crippen molar-refractivity contribution in [2.45, 2.75) is 52.2 Å². The van der Waals surface area contributed by atoms with Crippen molar-refractivity contribution in [2.24, 2.45) is 0 Å². The number of hydrogen-bond acceptors (Lipinski definition) is 6. The Morgan fingerprint density at radius 3 is 2.71 bits per heavy atom. The lowest BCUT2D eigenvalue weighted by Crippen LogP contribution is -2.56. The van der Waals surface area contributed by atoms with E-state index in [1.165, 1.54) is 29.5 Å². The van der Waals surface area contributed by atoms with Crippen LogP contribution >= 0.6 is 0 Å². The van der Waals surface area contributed by atoms with Crippen LogP contribution in [0.1, 0.15) is 42.9 Å². The molecule has 1 saturated heterocycles. The molecule has 1 aromatic carbocycles. The number of aromatic nitrogens is 3. The number of unbranched alkanes of at least 4 members (excludes halogenated alkanes) is 2. The quantitative estimate of drug-likeness (QED) is 0.435. The molecule has 2 aromatic heterocycles. The Kier molecular flexibility index (Phi) is 6.73. The maximum Gasteiger partial charge on any atom is 0.222 e. The third-order valence-corrected chi connectivity index (χ3v) is 6.22. The number of anilines is 2. The van der Waals surface area contributed by atoms with E-state index < -0.39 is 0 Å². The Morgan fingerprint density at radius 1 is 1.13 bits per heavy atom. The van der Waals surface area contributed by atoms with Crippen LogP contribution in [0.5, 0.6) is 0 Å². The molecule has 0 spiro atoms. The normalized spacial score (nSPS) is 14.8. The standard InChI is InChI=1S/C24H35N7/c1-4-5-6-10-27-23-22-21(28-24(25)29-23)9-11-31(22)14-19-8-7-18(12-17(19)2)13-30-15-20(16-30)26-3/h7-9,11-12,20,26H,4-6,10,13-16H2,1-3H3,(H3,25,27,28,29). The minimum atomic E-state index is 0.315. The highest BCUT2D eigenvalue weighted by molar-refractivity contribution is 5.87. The van der Waals surface area contributed by atoms with Crippen LogP contribution in [0, 0.1) is 6.92 Å². The van der Waals surface area contributed by atoms with E-state index in [1.54, 1.807) is 0 Å². The van der Waals surface area contributed by atoms with Crippen molar-refractivity contribution in [2.75, 3.05) is 37.7 Å². The Hall–Kier alpha value is -2.64. The zero-order valence-corrected chi connectivity index (χ0v) is 19.0. The van der Waals surface area contributed by atoms with E-state index >= 15 is 0 Å². The van der Waals surface area contributed by atoms with Crippen LogP contribution in [0.4, 0.5) is 11.8 Å². The molecule has 0 radical (unpaired) electrons. The second-order valence-electron chi connectivity index (χ2n) is 8.68. The van der Waals surface area contributed by atoms with Gasteiger partial charge in [-0.2, -0.15) is 4.98 Å². The lowest BCUT2D eigenvalue weighted by atomic mass is 10.0.